The Labute approximate surface area is 111 Å². The molecule has 2 aromatic rings. The monoisotopic (exact) mass is 260 g/mol. The van der Waals surface area contributed by atoms with Crippen molar-refractivity contribution < 1.29 is 14.1 Å². The van der Waals surface area contributed by atoms with Crippen LogP contribution in [-0.4, -0.2) is 17.2 Å². The number of benzene rings is 1. The Morgan fingerprint density at radius 1 is 1.32 bits per heavy atom. The Kier molecular flexibility index (Phi) is 3.85. The van der Waals surface area contributed by atoms with Crippen LogP contribution in [0.25, 0.3) is 0 Å². The second kappa shape index (κ2) is 5.56. The van der Waals surface area contributed by atoms with E-state index in [0.717, 1.165) is 5.75 Å². The van der Waals surface area contributed by atoms with E-state index in [1.807, 2.05) is 26.0 Å². The molecule has 0 unspecified atom stereocenters. The minimum Gasteiger partial charge on any atom is -0.491 e. The lowest BCUT2D eigenvalue weighted by Crippen LogP contribution is -2.12. The van der Waals surface area contributed by atoms with Crippen LogP contribution in [0.4, 0.5) is 5.69 Å². The summed E-state index contributed by atoms with van der Waals surface area (Å²) in [4.78, 5) is 11.9. The van der Waals surface area contributed by atoms with Crippen LogP contribution >= 0.6 is 0 Å². The lowest BCUT2D eigenvalue weighted by Gasteiger charge is -2.10. The molecule has 100 valence electrons. The van der Waals surface area contributed by atoms with E-state index in [4.69, 9.17) is 9.26 Å². The zero-order valence-electron chi connectivity index (χ0n) is 11.1. The van der Waals surface area contributed by atoms with Gasteiger partial charge in [-0.3, -0.25) is 4.79 Å². The molecule has 1 heterocycles. The predicted molar refractivity (Wildman–Crippen MR) is 71.4 cm³/mol. The topological polar surface area (TPSA) is 64.4 Å². The van der Waals surface area contributed by atoms with Gasteiger partial charge in [0, 0.05) is 5.69 Å². The Hall–Kier alpha value is -2.30. The molecule has 1 aromatic carbocycles. The van der Waals surface area contributed by atoms with Crippen LogP contribution in [0.15, 0.2) is 35.0 Å². The number of carbonyl (C=O) groups is 1. The zero-order valence-corrected chi connectivity index (χ0v) is 11.1. The quantitative estimate of drug-likeness (QED) is 0.917. The first-order valence-electron chi connectivity index (χ1n) is 6.05. The van der Waals surface area contributed by atoms with Crippen LogP contribution in [0.2, 0.25) is 0 Å². The van der Waals surface area contributed by atoms with E-state index in [9.17, 15) is 4.79 Å². The average molecular weight is 260 g/mol. The van der Waals surface area contributed by atoms with Crippen LogP contribution in [0.3, 0.4) is 0 Å². The van der Waals surface area contributed by atoms with Gasteiger partial charge in [0.1, 0.15) is 17.1 Å². The number of nitrogens with zero attached hydrogens (tertiary/aromatic N) is 1. The van der Waals surface area contributed by atoms with Gasteiger partial charge in [-0.25, -0.2) is 0 Å². The number of nitrogens with one attached hydrogen (secondary N) is 1. The molecule has 0 radical (unpaired) electrons. The Balaban J connectivity index is 2.04. The van der Waals surface area contributed by atoms with Crippen molar-refractivity contribution in [1.82, 2.24) is 5.16 Å². The van der Waals surface area contributed by atoms with Crippen molar-refractivity contribution in [3.63, 3.8) is 0 Å². The molecule has 0 spiro atoms. The first-order chi connectivity index (χ1) is 9.06. The third kappa shape index (κ3) is 3.34. The summed E-state index contributed by atoms with van der Waals surface area (Å²) >= 11 is 0. The Morgan fingerprint density at radius 2 is 2.00 bits per heavy atom. The molecule has 2 rings (SSSR count). The lowest BCUT2D eigenvalue weighted by molar-refractivity contribution is 0.102. The van der Waals surface area contributed by atoms with E-state index >= 15 is 0 Å². The molecule has 0 bridgehead atoms. The minimum atomic E-state index is -0.240. The summed E-state index contributed by atoms with van der Waals surface area (Å²) in [6.45, 7) is 5.62. The molecular formula is C14H16N2O3. The summed E-state index contributed by atoms with van der Waals surface area (Å²) in [5.74, 6) is 1.03. The van der Waals surface area contributed by atoms with E-state index in [1.54, 1.807) is 19.1 Å². The van der Waals surface area contributed by atoms with Gasteiger partial charge in [-0.1, -0.05) is 5.16 Å². The Morgan fingerprint density at radius 3 is 2.53 bits per heavy atom. The summed E-state index contributed by atoms with van der Waals surface area (Å²) in [6.07, 6.45) is 1.53. The molecule has 0 aliphatic heterocycles. The van der Waals surface area contributed by atoms with Crippen molar-refractivity contribution in [3.8, 4) is 5.75 Å². The predicted octanol–water partition coefficient (Wildman–Crippen LogP) is 3.02. The fourth-order valence-electron chi connectivity index (χ4n) is 1.60. The summed E-state index contributed by atoms with van der Waals surface area (Å²) in [6, 6.07) is 7.21. The van der Waals surface area contributed by atoms with Gasteiger partial charge in [0.15, 0.2) is 0 Å². The zero-order chi connectivity index (χ0) is 13.8. The molecule has 1 amide bonds. The fourth-order valence-corrected chi connectivity index (χ4v) is 1.60. The fraction of sp³-hybridized carbons (Fsp3) is 0.286. The summed E-state index contributed by atoms with van der Waals surface area (Å²) in [5, 5.41) is 6.35. The highest BCUT2D eigenvalue weighted by Gasteiger charge is 2.12. The summed E-state index contributed by atoms with van der Waals surface area (Å²) in [5.41, 5.74) is 1.13. The number of aryl methyl sites for hydroxylation is 1. The van der Waals surface area contributed by atoms with Gasteiger partial charge in [-0.15, -0.1) is 0 Å². The third-order valence-corrected chi connectivity index (χ3v) is 2.48. The second-order valence-electron chi connectivity index (χ2n) is 4.44. The lowest BCUT2D eigenvalue weighted by atomic mass is 10.2. The van der Waals surface area contributed by atoms with Crippen molar-refractivity contribution >= 4 is 11.6 Å². The number of rotatable bonds is 4. The number of ether oxygens (including phenoxy) is 1. The van der Waals surface area contributed by atoms with Gasteiger partial charge < -0.3 is 14.6 Å². The highest BCUT2D eigenvalue weighted by molar-refractivity contribution is 6.04. The van der Waals surface area contributed by atoms with Crippen molar-refractivity contribution in [2.45, 2.75) is 26.9 Å². The standard InChI is InChI=1S/C14H16N2O3/c1-9(2)18-12-6-4-11(5-7-12)16-14(17)13-8-15-19-10(13)3/h4-9H,1-3H3,(H,16,17). The average Bonchev–Trinajstić information content (AvgIpc) is 2.77. The number of amides is 1. The summed E-state index contributed by atoms with van der Waals surface area (Å²) in [7, 11) is 0. The van der Waals surface area contributed by atoms with Crippen molar-refractivity contribution in [1.29, 1.82) is 0 Å². The van der Waals surface area contributed by atoms with Crippen molar-refractivity contribution in [2.75, 3.05) is 5.32 Å². The van der Waals surface area contributed by atoms with Crippen LogP contribution in [0.1, 0.15) is 30.0 Å². The summed E-state index contributed by atoms with van der Waals surface area (Å²) < 4.78 is 10.4. The van der Waals surface area contributed by atoms with Crippen molar-refractivity contribution in [2.24, 2.45) is 0 Å². The number of aromatic nitrogens is 1. The molecule has 19 heavy (non-hydrogen) atoms. The molecule has 0 aliphatic carbocycles. The third-order valence-electron chi connectivity index (χ3n) is 2.48. The Bertz CT molecular complexity index is 558. The van der Waals surface area contributed by atoms with E-state index in [2.05, 4.69) is 10.5 Å². The molecular weight excluding hydrogens is 244 g/mol. The highest BCUT2D eigenvalue weighted by atomic mass is 16.5. The number of anilines is 1. The van der Waals surface area contributed by atoms with Gasteiger partial charge in [0.25, 0.3) is 5.91 Å². The van der Waals surface area contributed by atoms with E-state index < -0.39 is 0 Å². The molecule has 5 nitrogen and oxygen atoms in total. The normalized spacial score (nSPS) is 10.5. The second-order valence-corrected chi connectivity index (χ2v) is 4.44. The van der Waals surface area contributed by atoms with Crippen LogP contribution in [-0.2, 0) is 0 Å². The van der Waals surface area contributed by atoms with Crippen LogP contribution in [0, 0.1) is 6.92 Å². The van der Waals surface area contributed by atoms with Gasteiger partial charge in [-0.05, 0) is 45.0 Å². The molecule has 0 fully saturated rings. The molecule has 0 saturated carbocycles. The van der Waals surface area contributed by atoms with Gasteiger partial charge in [0.2, 0.25) is 0 Å². The molecule has 0 aliphatic rings. The first-order valence-corrected chi connectivity index (χ1v) is 6.05. The van der Waals surface area contributed by atoms with Crippen LogP contribution < -0.4 is 10.1 Å². The van der Waals surface area contributed by atoms with Gasteiger partial charge in [-0.2, -0.15) is 0 Å². The maximum atomic E-state index is 11.9. The molecule has 1 N–H and O–H groups in total. The largest absolute Gasteiger partial charge is 0.491 e. The smallest absolute Gasteiger partial charge is 0.260 e. The van der Waals surface area contributed by atoms with E-state index in [0.29, 0.717) is 17.0 Å². The van der Waals surface area contributed by atoms with Crippen LogP contribution in [0.5, 0.6) is 5.75 Å². The number of carbonyl (C=O) groups excluding carboxylic acids is 1. The van der Waals surface area contributed by atoms with Gasteiger partial charge in [0.05, 0.1) is 12.3 Å². The molecule has 0 atom stereocenters. The van der Waals surface area contributed by atoms with E-state index in [1.165, 1.54) is 6.20 Å². The minimum absolute atomic E-state index is 0.125. The number of hydrogen-bond acceptors (Lipinski definition) is 4. The molecule has 1 aromatic heterocycles. The SMILES string of the molecule is Cc1oncc1C(=O)Nc1ccc(OC(C)C)cc1. The highest BCUT2D eigenvalue weighted by Crippen LogP contribution is 2.18. The maximum Gasteiger partial charge on any atom is 0.260 e. The van der Waals surface area contributed by atoms with Gasteiger partial charge >= 0.3 is 0 Å². The van der Waals surface area contributed by atoms with E-state index in [-0.39, 0.29) is 12.0 Å². The number of hydrogen-bond donors (Lipinski definition) is 1. The van der Waals surface area contributed by atoms with Crippen molar-refractivity contribution in [3.05, 3.63) is 41.8 Å². The first kappa shape index (κ1) is 13.1. The molecule has 5 heteroatoms. The maximum absolute atomic E-state index is 11.9. The molecule has 0 saturated heterocycles.